The van der Waals surface area contributed by atoms with Gasteiger partial charge in [0.05, 0.1) is 7.92 Å². The van der Waals surface area contributed by atoms with Crippen LogP contribution in [0.4, 0.5) is 0 Å². The SMILES string of the molecule is CCO.c1ccc([PH+](c2ccccc2)c2ccccc2)cc1. The van der Waals surface area contributed by atoms with Gasteiger partial charge >= 0.3 is 0 Å². The third kappa shape index (κ3) is 4.53. The number of hydrogen-bond donors (Lipinski definition) is 1. The van der Waals surface area contributed by atoms with Crippen LogP contribution in [-0.2, 0) is 0 Å². The Kier molecular flexibility index (Phi) is 6.83. The fraction of sp³-hybridized carbons (Fsp3) is 0.100. The van der Waals surface area contributed by atoms with Gasteiger partial charge in [-0.1, -0.05) is 54.6 Å². The lowest BCUT2D eigenvalue weighted by atomic mass is 10.4. The Balaban J connectivity index is 0.000000545. The molecule has 22 heavy (non-hydrogen) atoms. The molecule has 1 nitrogen and oxygen atoms in total. The number of rotatable bonds is 3. The van der Waals surface area contributed by atoms with Crippen LogP contribution in [0.25, 0.3) is 0 Å². The summed E-state index contributed by atoms with van der Waals surface area (Å²) >= 11 is 0. The molecule has 1 N–H and O–H groups in total. The van der Waals surface area contributed by atoms with Gasteiger partial charge in [-0.3, -0.25) is 0 Å². The van der Waals surface area contributed by atoms with Crippen molar-refractivity contribution in [1.29, 1.82) is 0 Å². The molecule has 3 aromatic rings. The highest BCUT2D eigenvalue weighted by Gasteiger charge is 2.24. The van der Waals surface area contributed by atoms with Gasteiger partial charge in [-0.25, -0.2) is 0 Å². The average Bonchev–Trinajstić information content (AvgIpc) is 2.59. The standard InChI is InChI=1S/C18H15P.C2H6O/c1-4-10-16(11-5-1)19(17-12-6-2-7-13-17)18-14-8-3-9-15-18;1-2-3/h1-15H;3H,2H2,1H3/p+1. The van der Waals surface area contributed by atoms with Gasteiger partial charge in [-0.05, 0) is 43.3 Å². The van der Waals surface area contributed by atoms with Gasteiger partial charge in [-0.15, -0.1) is 0 Å². The van der Waals surface area contributed by atoms with Crippen molar-refractivity contribution in [3.8, 4) is 0 Å². The van der Waals surface area contributed by atoms with Crippen LogP contribution < -0.4 is 15.9 Å². The second-order valence-electron chi connectivity index (χ2n) is 4.79. The summed E-state index contributed by atoms with van der Waals surface area (Å²) in [6.45, 7) is 1.93. The summed E-state index contributed by atoms with van der Waals surface area (Å²) in [5.41, 5.74) is 0. The van der Waals surface area contributed by atoms with Crippen LogP contribution in [0.1, 0.15) is 6.92 Å². The third-order valence-electron chi connectivity index (χ3n) is 3.19. The van der Waals surface area contributed by atoms with Crippen molar-refractivity contribution in [2.75, 3.05) is 6.61 Å². The van der Waals surface area contributed by atoms with Gasteiger partial charge in [0, 0.05) is 6.61 Å². The summed E-state index contributed by atoms with van der Waals surface area (Å²) in [4.78, 5) is 0. The van der Waals surface area contributed by atoms with Crippen molar-refractivity contribution >= 4 is 23.8 Å². The molecule has 0 fully saturated rings. The molecule has 0 saturated heterocycles. The van der Waals surface area contributed by atoms with Crippen molar-refractivity contribution in [2.24, 2.45) is 0 Å². The number of benzene rings is 3. The Bertz CT molecular complexity index is 544. The van der Waals surface area contributed by atoms with Crippen molar-refractivity contribution in [3.05, 3.63) is 91.0 Å². The van der Waals surface area contributed by atoms with Crippen LogP contribution in [0, 0.1) is 0 Å². The summed E-state index contributed by atoms with van der Waals surface area (Å²) in [7, 11) is -0.877. The highest BCUT2D eigenvalue weighted by atomic mass is 31.1. The first-order chi connectivity index (χ1) is 10.9. The van der Waals surface area contributed by atoms with E-state index in [9.17, 15) is 0 Å². The van der Waals surface area contributed by atoms with E-state index in [0.717, 1.165) is 0 Å². The molecule has 2 heteroatoms. The minimum atomic E-state index is -0.877. The van der Waals surface area contributed by atoms with E-state index in [1.807, 2.05) is 0 Å². The topological polar surface area (TPSA) is 20.2 Å². The van der Waals surface area contributed by atoms with E-state index in [1.54, 1.807) is 6.92 Å². The van der Waals surface area contributed by atoms with Crippen molar-refractivity contribution in [3.63, 3.8) is 0 Å². The Morgan fingerprint density at radius 1 is 0.591 bits per heavy atom. The summed E-state index contributed by atoms with van der Waals surface area (Å²) in [5, 5.41) is 11.9. The molecule has 0 radical (unpaired) electrons. The van der Waals surface area contributed by atoms with E-state index in [1.165, 1.54) is 15.9 Å². The molecule has 0 spiro atoms. The van der Waals surface area contributed by atoms with Crippen LogP contribution in [0.15, 0.2) is 91.0 Å². The molecule has 0 bridgehead atoms. The molecule has 0 heterocycles. The second kappa shape index (κ2) is 9.15. The predicted molar refractivity (Wildman–Crippen MR) is 99.3 cm³/mol. The number of aliphatic hydroxyl groups excluding tert-OH is 1. The van der Waals surface area contributed by atoms with Gasteiger partial charge in [0.15, 0.2) is 0 Å². The molecule has 3 aromatic carbocycles. The first-order valence-corrected chi connectivity index (χ1v) is 9.01. The van der Waals surface area contributed by atoms with Crippen molar-refractivity contribution in [1.82, 2.24) is 0 Å². The van der Waals surface area contributed by atoms with Gasteiger partial charge in [-0.2, -0.15) is 0 Å². The molecule has 0 atom stereocenters. The largest absolute Gasteiger partial charge is 0.397 e. The lowest BCUT2D eigenvalue weighted by Crippen LogP contribution is -2.20. The minimum Gasteiger partial charge on any atom is -0.397 e. The molecule has 3 rings (SSSR count). The molecule has 0 amide bonds. The Morgan fingerprint density at radius 3 is 1.05 bits per heavy atom. The lowest BCUT2D eigenvalue weighted by molar-refractivity contribution is 0.318. The number of hydrogen-bond acceptors (Lipinski definition) is 1. The zero-order valence-corrected chi connectivity index (χ0v) is 13.8. The Hall–Kier alpha value is -1.95. The van der Waals surface area contributed by atoms with Gasteiger partial charge in [0.25, 0.3) is 0 Å². The zero-order valence-electron chi connectivity index (χ0n) is 12.8. The fourth-order valence-electron chi connectivity index (χ4n) is 2.31. The van der Waals surface area contributed by atoms with Gasteiger partial charge < -0.3 is 5.11 Å². The van der Waals surface area contributed by atoms with Gasteiger partial charge in [0.1, 0.15) is 15.9 Å². The van der Waals surface area contributed by atoms with Crippen LogP contribution >= 0.6 is 7.92 Å². The van der Waals surface area contributed by atoms with Crippen molar-refractivity contribution in [2.45, 2.75) is 6.92 Å². The van der Waals surface area contributed by atoms with E-state index in [0.29, 0.717) is 0 Å². The molecule has 0 unspecified atom stereocenters. The molecule has 0 saturated carbocycles. The normalized spacial score (nSPS) is 9.95. The van der Waals surface area contributed by atoms with Crippen LogP contribution in [0.3, 0.4) is 0 Å². The molecule has 0 aliphatic heterocycles. The lowest BCUT2D eigenvalue weighted by Gasteiger charge is -2.10. The van der Waals surface area contributed by atoms with Crippen LogP contribution in [-0.4, -0.2) is 11.7 Å². The summed E-state index contributed by atoms with van der Waals surface area (Å²) in [6.07, 6.45) is 0. The summed E-state index contributed by atoms with van der Waals surface area (Å²) in [5.74, 6) is 0. The maximum absolute atomic E-state index is 7.57. The predicted octanol–water partition coefficient (Wildman–Crippen LogP) is 3.18. The van der Waals surface area contributed by atoms with E-state index in [-0.39, 0.29) is 6.61 Å². The molecular formula is C20H22OP+. The molecule has 0 aromatic heterocycles. The smallest absolute Gasteiger partial charge is 0.102 e. The van der Waals surface area contributed by atoms with E-state index in [4.69, 9.17) is 5.11 Å². The van der Waals surface area contributed by atoms with E-state index in [2.05, 4.69) is 91.0 Å². The highest BCUT2D eigenvalue weighted by molar-refractivity contribution is 7.79. The quantitative estimate of drug-likeness (QED) is 0.737. The number of aliphatic hydroxyl groups is 1. The Morgan fingerprint density at radius 2 is 0.818 bits per heavy atom. The summed E-state index contributed by atoms with van der Waals surface area (Å²) < 4.78 is 0. The first-order valence-electron chi connectivity index (χ1n) is 7.51. The average molecular weight is 309 g/mol. The maximum atomic E-state index is 7.57. The van der Waals surface area contributed by atoms with E-state index >= 15 is 0 Å². The zero-order chi connectivity index (χ0) is 15.6. The second-order valence-corrected chi connectivity index (χ2v) is 7.27. The van der Waals surface area contributed by atoms with Crippen molar-refractivity contribution < 1.29 is 5.11 Å². The maximum Gasteiger partial charge on any atom is 0.102 e. The molecule has 112 valence electrons. The van der Waals surface area contributed by atoms with Crippen LogP contribution in [0.5, 0.6) is 0 Å². The monoisotopic (exact) mass is 309 g/mol. The molecule has 0 aliphatic rings. The van der Waals surface area contributed by atoms with Crippen LogP contribution in [0.2, 0.25) is 0 Å². The third-order valence-corrected chi connectivity index (χ3v) is 5.92. The highest BCUT2D eigenvalue weighted by Crippen LogP contribution is 2.32. The summed E-state index contributed by atoms with van der Waals surface area (Å²) in [6, 6.07) is 32.5. The van der Waals surface area contributed by atoms with E-state index < -0.39 is 7.92 Å². The molecular weight excluding hydrogens is 287 g/mol. The fourth-order valence-corrected chi connectivity index (χ4v) is 4.89. The Labute approximate surface area is 134 Å². The first kappa shape index (κ1) is 16.4. The molecule has 0 aliphatic carbocycles. The van der Waals surface area contributed by atoms with Gasteiger partial charge in [0.2, 0.25) is 0 Å². The minimum absolute atomic E-state index is 0.250.